The van der Waals surface area contributed by atoms with Crippen molar-refractivity contribution >= 4 is 27.2 Å². The van der Waals surface area contributed by atoms with Gasteiger partial charge in [-0.05, 0) is 93.6 Å². The lowest BCUT2D eigenvalue weighted by molar-refractivity contribution is 0.601. The van der Waals surface area contributed by atoms with E-state index in [1.165, 1.54) is 38.4 Å². The predicted molar refractivity (Wildman–Crippen MR) is 210 cm³/mol. The minimum absolute atomic E-state index is 0.148. The topological polar surface area (TPSA) is 51.6 Å². The second-order valence-corrected chi connectivity index (χ2v) is 13.3. The lowest BCUT2D eigenvalue weighted by atomic mass is 9.75. The molecule has 0 bridgehead atoms. The molecule has 4 heteroatoms. The molecule has 9 rings (SSSR count). The zero-order chi connectivity index (χ0) is 34.2. The third-order valence-electron chi connectivity index (χ3n) is 10.0. The minimum Gasteiger partial charge on any atom is -0.255 e. The molecule has 0 amide bonds. The third-order valence-corrected chi connectivity index (χ3v) is 10.0. The molecule has 1 unspecified atom stereocenters. The summed E-state index contributed by atoms with van der Waals surface area (Å²) in [6.07, 6.45) is 11.4. The molecule has 0 saturated heterocycles. The van der Waals surface area contributed by atoms with Crippen molar-refractivity contribution in [1.29, 1.82) is 0 Å². The largest absolute Gasteiger partial charge is 0.255 e. The van der Waals surface area contributed by atoms with E-state index < -0.39 is 0 Å². The van der Waals surface area contributed by atoms with Crippen molar-refractivity contribution in [1.82, 2.24) is 19.9 Å². The Kier molecular flexibility index (Phi) is 7.63. The van der Waals surface area contributed by atoms with E-state index in [4.69, 9.17) is 9.97 Å². The van der Waals surface area contributed by atoms with Crippen LogP contribution in [-0.2, 0) is 5.41 Å². The Bertz CT molecular complexity index is 2540. The van der Waals surface area contributed by atoms with Crippen LogP contribution in [-0.4, -0.2) is 19.9 Å². The van der Waals surface area contributed by atoms with Crippen molar-refractivity contribution in [2.45, 2.75) is 18.8 Å². The van der Waals surface area contributed by atoms with Crippen molar-refractivity contribution in [2.24, 2.45) is 0 Å². The molecule has 4 nitrogen and oxygen atoms in total. The quantitative estimate of drug-likeness (QED) is 0.167. The first kappa shape index (κ1) is 30.5. The van der Waals surface area contributed by atoms with E-state index in [1.54, 1.807) is 0 Å². The van der Waals surface area contributed by atoms with Crippen molar-refractivity contribution < 1.29 is 0 Å². The molecule has 0 aliphatic heterocycles. The molecular formula is C47H34N4. The van der Waals surface area contributed by atoms with Crippen LogP contribution >= 0.6 is 0 Å². The molecule has 0 radical (unpaired) electrons. The molecule has 0 fully saturated rings. The summed E-state index contributed by atoms with van der Waals surface area (Å²) in [6, 6.07) is 50.9. The second kappa shape index (κ2) is 12.7. The maximum Gasteiger partial charge on any atom is 0.0900 e. The summed E-state index contributed by atoms with van der Waals surface area (Å²) in [7, 11) is 0. The Morgan fingerprint density at radius 2 is 1.22 bits per heavy atom. The van der Waals surface area contributed by atoms with Gasteiger partial charge in [-0.2, -0.15) is 0 Å². The van der Waals surface area contributed by atoms with Gasteiger partial charge in [0.15, 0.2) is 0 Å². The zero-order valence-electron chi connectivity index (χ0n) is 28.2. The van der Waals surface area contributed by atoms with Gasteiger partial charge < -0.3 is 0 Å². The van der Waals surface area contributed by atoms with E-state index in [9.17, 15) is 0 Å². The van der Waals surface area contributed by atoms with Crippen LogP contribution in [0.1, 0.15) is 24.5 Å². The summed E-state index contributed by atoms with van der Waals surface area (Å²) in [6.45, 7) is 2.32. The van der Waals surface area contributed by atoms with E-state index in [0.717, 1.165) is 51.5 Å². The maximum atomic E-state index is 5.13. The number of aromatic nitrogens is 4. The van der Waals surface area contributed by atoms with Gasteiger partial charge >= 0.3 is 0 Å². The standard InChI is InChI=1S/C47H34N4/c1-47(25-23-32(24-26-47)36-29-44(40-15-7-9-27-48-40)51-45(30-36)41-16-8-10-28-49-41)37-20-17-34(18-21-37)39-31-43(35-12-3-2-4-13-35)50-42-22-19-33-11-5-6-14-38(33)46(39)42/h2-25,27-31H,26H2,1H3. The number of rotatable bonds is 6. The van der Waals surface area contributed by atoms with Gasteiger partial charge in [-0.3, -0.25) is 9.97 Å². The van der Waals surface area contributed by atoms with Crippen LogP contribution in [0.3, 0.4) is 0 Å². The number of allylic oxidation sites excluding steroid dienone is 4. The smallest absolute Gasteiger partial charge is 0.0900 e. The van der Waals surface area contributed by atoms with Gasteiger partial charge in [-0.1, -0.05) is 122 Å². The summed E-state index contributed by atoms with van der Waals surface area (Å²) < 4.78 is 0. The van der Waals surface area contributed by atoms with E-state index in [1.807, 2.05) is 54.9 Å². The summed E-state index contributed by atoms with van der Waals surface area (Å²) in [5, 5.41) is 3.62. The normalized spacial score (nSPS) is 15.6. The van der Waals surface area contributed by atoms with Crippen molar-refractivity contribution in [3.63, 3.8) is 0 Å². The molecule has 1 aliphatic rings. The summed E-state index contributed by atoms with van der Waals surface area (Å²) in [5.74, 6) is 0. The number of nitrogens with zero attached hydrogens (tertiary/aromatic N) is 4. The molecule has 0 saturated carbocycles. The molecule has 8 aromatic rings. The molecule has 4 heterocycles. The molecule has 0 N–H and O–H groups in total. The third kappa shape index (κ3) is 5.81. The predicted octanol–water partition coefficient (Wildman–Crippen LogP) is 11.5. The van der Waals surface area contributed by atoms with Crippen molar-refractivity contribution in [2.75, 3.05) is 0 Å². The fraction of sp³-hybridized carbons (Fsp3) is 0.0638. The number of benzene rings is 4. The average molecular weight is 655 g/mol. The van der Waals surface area contributed by atoms with Crippen LogP contribution in [0.5, 0.6) is 0 Å². The Morgan fingerprint density at radius 3 is 1.88 bits per heavy atom. The first-order valence-electron chi connectivity index (χ1n) is 17.3. The Labute approximate surface area is 297 Å². The van der Waals surface area contributed by atoms with Gasteiger partial charge in [0.1, 0.15) is 0 Å². The van der Waals surface area contributed by atoms with Crippen LogP contribution in [0.2, 0.25) is 0 Å². The number of fused-ring (bicyclic) bond motifs is 3. The van der Waals surface area contributed by atoms with E-state index in [2.05, 4.69) is 138 Å². The van der Waals surface area contributed by atoms with Crippen LogP contribution < -0.4 is 0 Å². The highest BCUT2D eigenvalue weighted by Crippen LogP contribution is 2.40. The highest BCUT2D eigenvalue weighted by molar-refractivity contribution is 6.13. The van der Waals surface area contributed by atoms with Crippen molar-refractivity contribution in [3.05, 3.63) is 187 Å². The fourth-order valence-electron chi connectivity index (χ4n) is 7.17. The van der Waals surface area contributed by atoms with Gasteiger partial charge in [0.2, 0.25) is 0 Å². The number of hydrogen-bond donors (Lipinski definition) is 0. The van der Waals surface area contributed by atoms with Gasteiger partial charge in [0.05, 0.1) is 34.0 Å². The van der Waals surface area contributed by atoms with Gasteiger partial charge in [0.25, 0.3) is 0 Å². The Hall–Kier alpha value is -6.52. The van der Waals surface area contributed by atoms with Gasteiger partial charge in [-0.25, -0.2) is 9.97 Å². The van der Waals surface area contributed by atoms with Gasteiger partial charge in [0, 0.05) is 28.8 Å². The first-order chi connectivity index (χ1) is 25.1. The summed E-state index contributed by atoms with van der Waals surface area (Å²) >= 11 is 0. The first-order valence-corrected chi connectivity index (χ1v) is 17.3. The van der Waals surface area contributed by atoms with Gasteiger partial charge in [-0.15, -0.1) is 0 Å². The lowest BCUT2D eigenvalue weighted by Gasteiger charge is -2.29. The zero-order valence-corrected chi connectivity index (χ0v) is 28.2. The van der Waals surface area contributed by atoms with E-state index in [-0.39, 0.29) is 5.41 Å². The van der Waals surface area contributed by atoms with E-state index in [0.29, 0.717) is 0 Å². The maximum absolute atomic E-state index is 5.13. The molecule has 4 aromatic heterocycles. The molecule has 0 spiro atoms. The lowest BCUT2D eigenvalue weighted by Crippen LogP contribution is -2.20. The molecule has 51 heavy (non-hydrogen) atoms. The van der Waals surface area contributed by atoms with Crippen LogP contribution in [0.15, 0.2) is 176 Å². The second-order valence-electron chi connectivity index (χ2n) is 13.3. The number of pyridine rings is 4. The van der Waals surface area contributed by atoms with Crippen LogP contribution in [0.4, 0.5) is 0 Å². The summed E-state index contributed by atoms with van der Waals surface area (Å²) in [5.41, 5.74) is 12.2. The molecule has 1 aliphatic carbocycles. The highest BCUT2D eigenvalue weighted by Gasteiger charge is 2.26. The van der Waals surface area contributed by atoms with Crippen molar-refractivity contribution in [3.8, 4) is 45.2 Å². The van der Waals surface area contributed by atoms with Crippen LogP contribution in [0.25, 0.3) is 72.4 Å². The monoisotopic (exact) mass is 654 g/mol. The number of hydrogen-bond acceptors (Lipinski definition) is 4. The molecule has 1 atom stereocenters. The molecular weight excluding hydrogens is 621 g/mol. The minimum atomic E-state index is -0.148. The Morgan fingerprint density at radius 1 is 0.529 bits per heavy atom. The molecule has 242 valence electrons. The highest BCUT2D eigenvalue weighted by atomic mass is 14.8. The average Bonchev–Trinajstić information content (AvgIpc) is 3.21. The fourth-order valence-corrected chi connectivity index (χ4v) is 7.17. The SMILES string of the molecule is CC1(c2ccc(-c3cc(-c4ccccc4)nc4ccc5ccccc5c34)cc2)C=CC(c2cc(-c3ccccn3)nc(-c3ccccn3)c2)=CC1. The molecule has 4 aromatic carbocycles. The van der Waals surface area contributed by atoms with E-state index >= 15 is 0 Å². The Balaban J connectivity index is 1.07. The van der Waals surface area contributed by atoms with Crippen LogP contribution in [0, 0.1) is 0 Å². The summed E-state index contributed by atoms with van der Waals surface area (Å²) in [4.78, 5) is 19.3.